The summed E-state index contributed by atoms with van der Waals surface area (Å²) in [5, 5.41) is 0. The van der Waals surface area contributed by atoms with Gasteiger partial charge in [-0.15, -0.1) is 13.2 Å². The monoisotopic (exact) mass is 299 g/mol. The van der Waals surface area contributed by atoms with Gasteiger partial charge < -0.3 is 14.0 Å². The van der Waals surface area contributed by atoms with E-state index >= 15 is 0 Å². The summed E-state index contributed by atoms with van der Waals surface area (Å²) in [5.41, 5.74) is 0.423. The van der Waals surface area contributed by atoms with Crippen molar-refractivity contribution in [3.05, 3.63) is 48.3 Å². The van der Waals surface area contributed by atoms with Crippen molar-refractivity contribution in [1.82, 2.24) is 4.57 Å². The minimum atomic E-state index is -4.82. The quantitative estimate of drug-likeness (QED) is 0.796. The molecule has 7 heteroatoms. The van der Waals surface area contributed by atoms with E-state index in [0.29, 0.717) is 5.56 Å². The summed E-state index contributed by atoms with van der Waals surface area (Å²) in [5.74, 6) is -0.956. The maximum atomic E-state index is 12.2. The van der Waals surface area contributed by atoms with Gasteiger partial charge in [-0.1, -0.05) is 12.1 Å². The van der Waals surface area contributed by atoms with Crippen molar-refractivity contribution in [2.45, 2.75) is 6.36 Å². The Bertz CT molecular complexity index is 634. The molecule has 0 aliphatic heterocycles. The van der Waals surface area contributed by atoms with E-state index in [1.54, 1.807) is 30.1 Å². The number of Topliss-reactive ketones (excluding diaryl/α,β-unsaturated/α-hetero) is 1. The number of carbonyl (C=O) groups is 1. The molecule has 0 saturated heterocycles. The molecule has 1 heterocycles. The molecule has 1 aromatic heterocycles. The number of alkyl halides is 3. The van der Waals surface area contributed by atoms with E-state index in [1.165, 1.54) is 18.2 Å². The topological polar surface area (TPSA) is 40.5 Å². The van der Waals surface area contributed by atoms with Crippen LogP contribution in [0.3, 0.4) is 0 Å². The second kappa shape index (κ2) is 5.90. The number of ether oxygens (including phenoxy) is 2. The SMILES string of the molecule is Cn1ccc(C(=O)COc2ccccc2OC(F)(F)F)c1. The standard InChI is InChI=1S/C14H12F3NO3/c1-18-7-6-10(8-18)11(19)9-20-12-4-2-3-5-13(12)21-14(15,16)17/h2-8H,9H2,1H3. The Morgan fingerprint density at radius 1 is 1.19 bits per heavy atom. The molecule has 21 heavy (non-hydrogen) atoms. The minimum Gasteiger partial charge on any atom is -0.482 e. The summed E-state index contributed by atoms with van der Waals surface area (Å²) >= 11 is 0. The zero-order chi connectivity index (χ0) is 15.5. The van der Waals surface area contributed by atoms with E-state index in [9.17, 15) is 18.0 Å². The van der Waals surface area contributed by atoms with Gasteiger partial charge >= 0.3 is 6.36 Å². The van der Waals surface area contributed by atoms with Crippen LogP contribution in [0.2, 0.25) is 0 Å². The smallest absolute Gasteiger partial charge is 0.482 e. The summed E-state index contributed by atoms with van der Waals surface area (Å²) in [6.45, 7) is -0.373. The lowest BCUT2D eigenvalue weighted by Crippen LogP contribution is -2.18. The molecule has 0 fully saturated rings. The number of benzene rings is 1. The first-order chi connectivity index (χ1) is 9.85. The van der Waals surface area contributed by atoms with Crippen LogP contribution in [0.25, 0.3) is 0 Å². The van der Waals surface area contributed by atoms with E-state index in [1.807, 2.05) is 0 Å². The number of hydrogen-bond acceptors (Lipinski definition) is 3. The van der Waals surface area contributed by atoms with Gasteiger partial charge in [0, 0.05) is 25.0 Å². The molecule has 112 valence electrons. The average Bonchev–Trinajstić information content (AvgIpc) is 2.82. The molecule has 4 nitrogen and oxygen atoms in total. The second-order valence-corrected chi connectivity index (χ2v) is 4.27. The summed E-state index contributed by atoms with van der Waals surface area (Å²) in [6.07, 6.45) is -1.53. The zero-order valence-electron chi connectivity index (χ0n) is 11.1. The fourth-order valence-electron chi connectivity index (χ4n) is 1.67. The van der Waals surface area contributed by atoms with Crippen LogP contribution in [-0.2, 0) is 7.05 Å². The first-order valence-electron chi connectivity index (χ1n) is 5.98. The summed E-state index contributed by atoms with van der Waals surface area (Å²) in [7, 11) is 1.75. The van der Waals surface area contributed by atoms with E-state index in [2.05, 4.69) is 4.74 Å². The summed E-state index contributed by atoms with van der Waals surface area (Å²) < 4.78 is 47.4. The molecule has 0 aliphatic carbocycles. The van der Waals surface area contributed by atoms with Crippen LogP contribution >= 0.6 is 0 Å². The first kappa shape index (κ1) is 15.0. The van der Waals surface area contributed by atoms with Gasteiger partial charge in [-0.2, -0.15) is 0 Å². The molecule has 1 aromatic carbocycles. The second-order valence-electron chi connectivity index (χ2n) is 4.27. The Balaban J connectivity index is 2.05. The van der Waals surface area contributed by atoms with Crippen LogP contribution in [0.4, 0.5) is 13.2 Å². The number of halogens is 3. The summed E-state index contributed by atoms with van der Waals surface area (Å²) in [6, 6.07) is 6.90. The molecule has 0 atom stereocenters. The summed E-state index contributed by atoms with van der Waals surface area (Å²) in [4.78, 5) is 11.8. The molecule has 2 rings (SSSR count). The third-order valence-electron chi connectivity index (χ3n) is 2.59. The zero-order valence-corrected chi connectivity index (χ0v) is 11.1. The van der Waals surface area contributed by atoms with Crippen LogP contribution in [0.15, 0.2) is 42.7 Å². The van der Waals surface area contributed by atoms with Crippen molar-refractivity contribution in [3.8, 4) is 11.5 Å². The normalized spacial score (nSPS) is 11.2. The van der Waals surface area contributed by atoms with Crippen LogP contribution in [0, 0.1) is 0 Å². The maximum Gasteiger partial charge on any atom is 0.573 e. The Morgan fingerprint density at radius 2 is 1.86 bits per heavy atom. The maximum absolute atomic E-state index is 12.2. The molecule has 0 radical (unpaired) electrons. The molecule has 0 spiro atoms. The number of ketones is 1. The molecular formula is C14H12F3NO3. The Morgan fingerprint density at radius 3 is 2.43 bits per heavy atom. The molecule has 0 saturated carbocycles. The molecule has 0 bridgehead atoms. The lowest BCUT2D eigenvalue weighted by atomic mass is 10.2. The minimum absolute atomic E-state index is 0.140. The van der Waals surface area contributed by atoms with Crippen molar-refractivity contribution in [2.24, 2.45) is 7.05 Å². The highest BCUT2D eigenvalue weighted by atomic mass is 19.4. The van der Waals surface area contributed by atoms with Gasteiger partial charge in [0.1, 0.15) is 0 Å². The van der Waals surface area contributed by atoms with Crippen LogP contribution in [0.1, 0.15) is 10.4 Å². The average molecular weight is 299 g/mol. The number of hydrogen-bond donors (Lipinski definition) is 0. The van der Waals surface area contributed by atoms with Crippen molar-refractivity contribution in [3.63, 3.8) is 0 Å². The molecule has 0 aliphatic rings. The number of rotatable bonds is 5. The van der Waals surface area contributed by atoms with E-state index in [4.69, 9.17) is 4.74 Å². The predicted molar refractivity (Wildman–Crippen MR) is 68.4 cm³/mol. The molecule has 0 N–H and O–H groups in total. The van der Waals surface area contributed by atoms with E-state index in [-0.39, 0.29) is 18.1 Å². The fourth-order valence-corrected chi connectivity index (χ4v) is 1.67. The number of aromatic nitrogens is 1. The predicted octanol–water partition coefficient (Wildman–Crippen LogP) is 3.19. The first-order valence-corrected chi connectivity index (χ1v) is 5.98. The number of carbonyl (C=O) groups excluding carboxylic acids is 1. The van der Waals surface area contributed by atoms with Crippen LogP contribution < -0.4 is 9.47 Å². The van der Waals surface area contributed by atoms with Gasteiger partial charge in [0.2, 0.25) is 5.78 Å². The highest BCUT2D eigenvalue weighted by Gasteiger charge is 2.32. The van der Waals surface area contributed by atoms with Crippen molar-refractivity contribution >= 4 is 5.78 Å². The molecule has 0 unspecified atom stereocenters. The van der Waals surface area contributed by atoms with E-state index < -0.39 is 12.1 Å². The van der Waals surface area contributed by atoms with Crippen molar-refractivity contribution in [1.29, 1.82) is 0 Å². The highest BCUT2D eigenvalue weighted by molar-refractivity contribution is 5.97. The Labute approximate surface area is 118 Å². The highest BCUT2D eigenvalue weighted by Crippen LogP contribution is 2.31. The third kappa shape index (κ3) is 4.27. The third-order valence-corrected chi connectivity index (χ3v) is 2.59. The lowest BCUT2D eigenvalue weighted by Gasteiger charge is -2.13. The number of nitrogens with zero attached hydrogens (tertiary/aromatic N) is 1. The largest absolute Gasteiger partial charge is 0.573 e. The van der Waals surface area contributed by atoms with Gasteiger partial charge in [-0.05, 0) is 18.2 Å². The van der Waals surface area contributed by atoms with Gasteiger partial charge in [-0.25, -0.2) is 0 Å². The van der Waals surface area contributed by atoms with Gasteiger partial charge in [0.25, 0.3) is 0 Å². The van der Waals surface area contributed by atoms with E-state index in [0.717, 1.165) is 6.07 Å². The van der Waals surface area contributed by atoms with Gasteiger partial charge in [0.05, 0.1) is 0 Å². The number of aryl methyl sites for hydroxylation is 1. The van der Waals surface area contributed by atoms with Crippen LogP contribution in [0.5, 0.6) is 11.5 Å². The van der Waals surface area contributed by atoms with Gasteiger partial charge in [-0.3, -0.25) is 4.79 Å². The Kier molecular flexibility index (Phi) is 4.21. The number of para-hydroxylation sites is 2. The fraction of sp³-hybridized carbons (Fsp3) is 0.214. The molecule has 2 aromatic rings. The molecule has 0 amide bonds. The van der Waals surface area contributed by atoms with Crippen molar-refractivity contribution in [2.75, 3.05) is 6.61 Å². The lowest BCUT2D eigenvalue weighted by molar-refractivity contribution is -0.275. The van der Waals surface area contributed by atoms with Crippen LogP contribution in [-0.4, -0.2) is 23.3 Å². The van der Waals surface area contributed by atoms with Gasteiger partial charge in [0.15, 0.2) is 18.1 Å². The Hall–Kier alpha value is -2.44. The molecular weight excluding hydrogens is 287 g/mol. The van der Waals surface area contributed by atoms with Crippen molar-refractivity contribution < 1.29 is 27.4 Å².